The number of rotatable bonds is 6. The van der Waals surface area contributed by atoms with Gasteiger partial charge in [-0.3, -0.25) is 9.78 Å². The van der Waals surface area contributed by atoms with Gasteiger partial charge in [0.05, 0.1) is 16.5 Å². The molecule has 5 heterocycles. The number of nitrogens with one attached hydrogen (secondary N) is 2. The van der Waals surface area contributed by atoms with Crippen molar-refractivity contribution in [2.24, 2.45) is 5.92 Å². The summed E-state index contributed by atoms with van der Waals surface area (Å²) >= 11 is 8.11. The van der Waals surface area contributed by atoms with Crippen molar-refractivity contribution in [3.63, 3.8) is 0 Å². The van der Waals surface area contributed by atoms with E-state index in [-0.39, 0.29) is 17.9 Å². The minimum Gasteiger partial charge on any atom is -0.352 e. The van der Waals surface area contributed by atoms with Crippen LogP contribution < -0.4 is 10.2 Å². The topological polar surface area (TPSA) is 113 Å². The molecule has 0 bridgehead atoms. The van der Waals surface area contributed by atoms with Crippen LogP contribution in [0, 0.1) is 5.92 Å². The van der Waals surface area contributed by atoms with Crippen LogP contribution >= 0.6 is 23.4 Å². The van der Waals surface area contributed by atoms with Gasteiger partial charge in [-0.05, 0) is 37.1 Å². The Morgan fingerprint density at radius 3 is 2.85 bits per heavy atom. The number of carbonyl (C=O) groups is 1. The monoisotopic (exact) mass is 480 g/mol. The zero-order valence-electron chi connectivity index (χ0n) is 17.9. The molecule has 2 N–H and O–H groups in total. The van der Waals surface area contributed by atoms with Crippen molar-refractivity contribution in [1.29, 1.82) is 0 Å². The van der Waals surface area contributed by atoms with Crippen molar-refractivity contribution in [3.8, 4) is 0 Å². The van der Waals surface area contributed by atoms with Crippen molar-refractivity contribution >= 4 is 57.3 Å². The number of hydrogen-bond donors (Lipinski definition) is 2. The average Bonchev–Trinajstić information content (AvgIpc) is 3.59. The Morgan fingerprint density at radius 1 is 1.24 bits per heavy atom. The Balaban J connectivity index is 1.31. The predicted molar refractivity (Wildman–Crippen MR) is 127 cm³/mol. The molecule has 6 rings (SSSR count). The standard InChI is InChI=1S/C22H21ClN8OS/c1-2-14-17(23)16-19(28-14)29-22(33-13-7-15-18(26-8-13)25-6-5-24-15)30-20(16)31-9-12(10-31)27-21(32)11-3-4-11/h5-8,11-12H,2-4,9-10H2,1H3,(H,27,32)(H,28,29,30). The van der Waals surface area contributed by atoms with E-state index in [1.807, 2.05) is 13.0 Å². The normalized spacial score (nSPS) is 16.4. The van der Waals surface area contributed by atoms with E-state index in [0.717, 1.165) is 46.6 Å². The van der Waals surface area contributed by atoms with Gasteiger partial charge in [0, 0.05) is 48.2 Å². The summed E-state index contributed by atoms with van der Waals surface area (Å²) < 4.78 is 0. The van der Waals surface area contributed by atoms with Gasteiger partial charge in [0.2, 0.25) is 5.91 Å². The first-order valence-electron chi connectivity index (χ1n) is 11.0. The second kappa shape index (κ2) is 8.11. The molecule has 33 heavy (non-hydrogen) atoms. The number of amides is 1. The van der Waals surface area contributed by atoms with Gasteiger partial charge in [-0.15, -0.1) is 0 Å². The van der Waals surface area contributed by atoms with Gasteiger partial charge in [-0.25, -0.2) is 19.9 Å². The number of halogens is 1. The molecule has 1 saturated heterocycles. The van der Waals surface area contributed by atoms with Crippen molar-refractivity contribution < 1.29 is 4.79 Å². The van der Waals surface area contributed by atoms with Gasteiger partial charge in [-0.1, -0.05) is 18.5 Å². The molecule has 4 aromatic heterocycles. The van der Waals surface area contributed by atoms with Crippen LogP contribution in [0.15, 0.2) is 34.7 Å². The molecule has 0 atom stereocenters. The van der Waals surface area contributed by atoms with Crippen LogP contribution in [0.2, 0.25) is 5.02 Å². The van der Waals surface area contributed by atoms with Crippen LogP contribution in [0.25, 0.3) is 22.2 Å². The molecule has 1 aliphatic heterocycles. The zero-order chi connectivity index (χ0) is 22.5. The van der Waals surface area contributed by atoms with Crippen molar-refractivity contribution in [2.45, 2.75) is 42.3 Å². The molecular formula is C22H21ClN8OS. The quantitative estimate of drug-likeness (QED) is 0.404. The molecule has 11 heteroatoms. The fraction of sp³-hybridized carbons (Fsp3) is 0.364. The number of aromatic amines is 1. The van der Waals surface area contributed by atoms with Gasteiger partial charge >= 0.3 is 0 Å². The average molecular weight is 481 g/mol. The molecule has 1 saturated carbocycles. The second-order valence-electron chi connectivity index (χ2n) is 8.38. The number of anilines is 1. The molecule has 2 fully saturated rings. The maximum atomic E-state index is 12.1. The summed E-state index contributed by atoms with van der Waals surface area (Å²) in [6.45, 7) is 3.45. The molecule has 168 valence electrons. The summed E-state index contributed by atoms with van der Waals surface area (Å²) in [4.78, 5) is 41.0. The van der Waals surface area contributed by atoms with E-state index in [9.17, 15) is 4.79 Å². The summed E-state index contributed by atoms with van der Waals surface area (Å²) in [6.07, 6.45) is 7.80. The van der Waals surface area contributed by atoms with Crippen LogP contribution in [0.5, 0.6) is 0 Å². The maximum absolute atomic E-state index is 12.1. The van der Waals surface area contributed by atoms with E-state index in [1.165, 1.54) is 11.8 Å². The van der Waals surface area contributed by atoms with Crippen LogP contribution in [-0.4, -0.2) is 54.9 Å². The fourth-order valence-corrected chi connectivity index (χ4v) is 5.11. The maximum Gasteiger partial charge on any atom is 0.223 e. The third-order valence-corrected chi connectivity index (χ3v) is 7.20. The Kier molecular flexibility index (Phi) is 5.06. The lowest BCUT2D eigenvalue weighted by atomic mass is 10.1. The van der Waals surface area contributed by atoms with Gasteiger partial charge in [0.1, 0.15) is 17.0 Å². The lowest BCUT2D eigenvalue weighted by molar-refractivity contribution is -0.123. The summed E-state index contributed by atoms with van der Waals surface area (Å²) in [5.41, 5.74) is 2.97. The third-order valence-electron chi connectivity index (χ3n) is 5.96. The van der Waals surface area contributed by atoms with E-state index in [4.69, 9.17) is 21.6 Å². The Hall–Kier alpha value is -2.98. The Labute approximate surface area is 198 Å². The molecule has 0 radical (unpaired) electrons. The largest absolute Gasteiger partial charge is 0.352 e. The van der Waals surface area contributed by atoms with Crippen LogP contribution in [-0.2, 0) is 11.2 Å². The number of fused-ring (bicyclic) bond motifs is 2. The molecule has 0 aromatic carbocycles. The predicted octanol–water partition coefficient (Wildman–Crippen LogP) is 3.38. The summed E-state index contributed by atoms with van der Waals surface area (Å²) in [6, 6.07) is 2.06. The molecule has 0 unspecified atom stereocenters. The fourth-order valence-electron chi connectivity index (χ4n) is 4.00. The van der Waals surface area contributed by atoms with Crippen molar-refractivity contribution in [1.82, 2.24) is 35.2 Å². The molecule has 0 spiro atoms. The zero-order valence-corrected chi connectivity index (χ0v) is 19.4. The first kappa shape index (κ1) is 20.6. The molecule has 2 aliphatic rings. The number of aromatic nitrogens is 6. The highest BCUT2D eigenvalue weighted by atomic mass is 35.5. The third kappa shape index (κ3) is 3.87. The number of hydrogen-bond acceptors (Lipinski definition) is 8. The second-order valence-corrected chi connectivity index (χ2v) is 9.80. The SMILES string of the molecule is CCc1[nH]c2nc(Sc3cnc4nccnc4c3)nc(N3CC(NC(=O)C4CC4)C3)c2c1Cl. The van der Waals surface area contributed by atoms with Gasteiger partial charge in [-0.2, -0.15) is 0 Å². The van der Waals surface area contributed by atoms with E-state index in [1.54, 1.807) is 18.6 Å². The molecule has 4 aromatic rings. The Bertz CT molecular complexity index is 1380. The van der Waals surface area contributed by atoms with Crippen molar-refractivity contribution in [2.75, 3.05) is 18.0 Å². The number of carbonyl (C=O) groups excluding carboxylic acids is 1. The van der Waals surface area contributed by atoms with E-state index in [2.05, 4.69) is 30.2 Å². The highest BCUT2D eigenvalue weighted by Crippen LogP contribution is 2.38. The lowest BCUT2D eigenvalue weighted by Gasteiger charge is -2.40. The van der Waals surface area contributed by atoms with Gasteiger partial charge in [0.25, 0.3) is 0 Å². The minimum atomic E-state index is 0.130. The molecule has 1 amide bonds. The van der Waals surface area contributed by atoms with E-state index in [0.29, 0.717) is 34.6 Å². The highest BCUT2D eigenvalue weighted by Gasteiger charge is 2.36. The molecule has 9 nitrogen and oxygen atoms in total. The highest BCUT2D eigenvalue weighted by molar-refractivity contribution is 7.99. The van der Waals surface area contributed by atoms with Crippen molar-refractivity contribution in [3.05, 3.63) is 35.4 Å². The summed E-state index contributed by atoms with van der Waals surface area (Å²) in [5.74, 6) is 1.16. The van der Waals surface area contributed by atoms with Crippen LogP contribution in [0.4, 0.5) is 5.82 Å². The minimum absolute atomic E-state index is 0.130. The molecular weight excluding hydrogens is 460 g/mol. The lowest BCUT2D eigenvalue weighted by Crippen LogP contribution is -2.60. The Morgan fingerprint density at radius 2 is 2.06 bits per heavy atom. The van der Waals surface area contributed by atoms with Gasteiger partial charge < -0.3 is 15.2 Å². The molecule has 1 aliphatic carbocycles. The number of aryl methyl sites for hydroxylation is 1. The first-order chi connectivity index (χ1) is 16.1. The van der Waals surface area contributed by atoms with E-state index >= 15 is 0 Å². The first-order valence-corrected chi connectivity index (χ1v) is 12.2. The van der Waals surface area contributed by atoms with Crippen LogP contribution in [0.3, 0.4) is 0 Å². The van der Waals surface area contributed by atoms with Gasteiger partial charge in [0.15, 0.2) is 10.8 Å². The number of H-pyrrole nitrogens is 1. The number of nitrogens with zero attached hydrogens (tertiary/aromatic N) is 6. The summed E-state index contributed by atoms with van der Waals surface area (Å²) in [7, 11) is 0. The summed E-state index contributed by atoms with van der Waals surface area (Å²) in [5, 5.41) is 5.21. The number of pyridine rings is 1. The van der Waals surface area contributed by atoms with E-state index < -0.39 is 0 Å². The van der Waals surface area contributed by atoms with Crippen LogP contribution in [0.1, 0.15) is 25.5 Å². The smallest absolute Gasteiger partial charge is 0.223 e.